The van der Waals surface area contributed by atoms with Gasteiger partial charge in [0, 0.05) is 11.8 Å². The molecule has 0 heterocycles. The third-order valence-electron chi connectivity index (χ3n) is 6.72. The van der Waals surface area contributed by atoms with Crippen molar-refractivity contribution in [1.29, 1.82) is 0 Å². The lowest BCUT2D eigenvalue weighted by Crippen LogP contribution is -2.18. The van der Waals surface area contributed by atoms with Crippen molar-refractivity contribution in [2.24, 2.45) is 0 Å². The van der Waals surface area contributed by atoms with Gasteiger partial charge in [0.25, 0.3) is 0 Å². The second kappa shape index (κ2) is 10.1. The summed E-state index contributed by atoms with van der Waals surface area (Å²) in [6, 6.07) is 7.99. The third kappa shape index (κ3) is 5.19. The van der Waals surface area contributed by atoms with Gasteiger partial charge in [0.2, 0.25) is 0 Å². The fraction of sp³-hybridized carbons (Fsp3) is 0.552. The summed E-state index contributed by atoms with van der Waals surface area (Å²) in [7, 11) is 0. The van der Waals surface area contributed by atoms with Crippen LogP contribution in [0.4, 0.5) is 0 Å². The number of phenolic OH excluding ortho intramolecular Hbond substituents is 2. The molecular formula is C29H42O3. The van der Waals surface area contributed by atoms with Crippen LogP contribution in [0.15, 0.2) is 24.3 Å². The second-order valence-electron chi connectivity index (χ2n) is 10.6. The molecule has 2 aromatic carbocycles. The number of ketones is 1. The largest absolute Gasteiger partial charge is 0.507 e. The average Bonchev–Trinajstić information content (AvgIpc) is 2.71. The maximum atomic E-state index is 13.6. The Morgan fingerprint density at radius 1 is 0.531 bits per heavy atom. The molecule has 0 amide bonds. The van der Waals surface area contributed by atoms with E-state index in [0.717, 1.165) is 33.4 Å². The molecule has 2 aromatic rings. The highest BCUT2D eigenvalue weighted by atomic mass is 16.3. The molecule has 2 atom stereocenters. The van der Waals surface area contributed by atoms with Gasteiger partial charge in [-0.3, -0.25) is 4.79 Å². The molecule has 3 heteroatoms. The Morgan fingerprint density at radius 2 is 0.750 bits per heavy atom. The predicted molar refractivity (Wildman–Crippen MR) is 134 cm³/mol. The highest BCUT2D eigenvalue weighted by Gasteiger charge is 2.27. The fourth-order valence-electron chi connectivity index (χ4n) is 4.37. The molecule has 0 saturated carbocycles. The van der Waals surface area contributed by atoms with E-state index in [4.69, 9.17) is 0 Å². The van der Waals surface area contributed by atoms with Crippen molar-refractivity contribution in [3.05, 3.63) is 57.6 Å². The number of phenols is 2. The Morgan fingerprint density at radius 3 is 0.938 bits per heavy atom. The summed E-state index contributed by atoms with van der Waals surface area (Å²) in [4.78, 5) is 13.6. The van der Waals surface area contributed by atoms with Gasteiger partial charge in [0.05, 0.1) is 0 Å². The van der Waals surface area contributed by atoms with E-state index in [9.17, 15) is 15.0 Å². The minimum atomic E-state index is -0.292. The molecule has 0 spiro atoms. The van der Waals surface area contributed by atoms with Gasteiger partial charge in [0.15, 0.2) is 0 Å². The van der Waals surface area contributed by atoms with Crippen LogP contribution in [0, 0.1) is 0 Å². The van der Waals surface area contributed by atoms with Gasteiger partial charge in [-0.05, 0) is 57.1 Å². The van der Waals surface area contributed by atoms with Crippen molar-refractivity contribution >= 4 is 5.78 Å². The summed E-state index contributed by atoms with van der Waals surface area (Å²) >= 11 is 0. The van der Waals surface area contributed by atoms with Gasteiger partial charge < -0.3 is 10.2 Å². The number of aromatic hydroxyl groups is 2. The highest BCUT2D eigenvalue weighted by molar-refractivity contribution is 5.91. The van der Waals surface area contributed by atoms with Crippen LogP contribution in [-0.2, 0) is 4.79 Å². The molecule has 3 nitrogen and oxygen atoms in total. The summed E-state index contributed by atoms with van der Waals surface area (Å²) in [5, 5.41) is 21.5. The van der Waals surface area contributed by atoms with E-state index in [1.54, 1.807) is 0 Å². The minimum absolute atomic E-state index is 0.148. The van der Waals surface area contributed by atoms with Crippen LogP contribution in [0.1, 0.15) is 138 Å². The Kier molecular flexibility index (Phi) is 8.20. The molecule has 0 aliphatic rings. The topological polar surface area (TPSA) is 57.5 Å². The summed E-state index contributed by atoms with van der Waals surface area (Å²) in [5.41, 5.74) is 5.50. The zero-order chi connectivity index (χ0) is 24.5. The standard InChI is InChI=1S/C29H42O3/c1-15(2)23-11-21(12-24(16(3)4)28(23)31)19(9)27(30)20(10)22-13-25(17(5)6)29(32)26(14-22)18(7)8/h11-20,31-32H,1-10H3. The number of Topliss-reactive ketones (excluding diaryl/α,β-unsaturated/α-hetero) is 1. The minimum Gasteiger partial charge on any atom is -0.507 e. The van der Waals surface area contributed by atoms with E-state index in [0.29, 0.717) is 11.5 Å². The molecule has 2 unspecified atom stereocenters. The van der Waals surface area contributed by atoms with E-state index in [-0.39, 0.29) is 41.3 Å². The van der Waals surface area contributed by atoms with Gasteiger partial charge in [-0.2, -0.15) is 0 Å². The van der Waals surface area contributed by atoms with E-state index in [2.05, 4.69) is 55.4 Å². The zero-order valence-corrected chi connectivity index (χ0v) is 21.6. The first-order valence-corrected chi connectivity index (χ1v) is 12.0. The summed E-state index contributed by atoms with van der Waals surface area (Å²) in [6.07, 6.45) is 0. The molecular weight excluding hydrogens is 396 g/mol. The lowest BCUT2D eigenvalue weighted by Gasteiger charge is -2.24. The predicted octanol–water partition coefficient (Wildman–Crippen LogP) is 8.07. The van der Waals surface area contributed by atoms with Crippen LogP contribution >= 0.6 is 0 Å². The second-order valence-corrected chi connectivity index (χ2v) is 10.6. The van der Waals surface area contributed by atoms with Crippen molar-refractivity contribution in [3.63, 3.8) is 0 Å². The number of carbonyl (C=O) groups is 1. The lowest BCUT2D eigenvalue weighted by molar-refractivity contribution is -0.121. The van der Waals surface area contributed by atoms with Gasteiger partial charge in [-0.15, -0.1) is 0 Å². The zero-order valence-electron chi connectivity index (χ0n) is 21.6. The highest BCUT2D eigenvalue weighted by Crippen LogP contribution is 2.40. The molecule has 0 bridgehead atoms. The lowest BCUT2D eigenvalue weighted by atomic mass is 9.80. The molecule has 2 rings (SSSR count). The van der Waals surface area contributed by atoms with Crippen molar-refractivity contribution in [1.82, 2.24) is 0 Å². The number of hydrogen-bond acceptors (Lipinski definition) is 3. The van der Waals surface area contributed by atoms with E-state index in [1.165, 1.54) is 0 Å². The summed E-state index contributed by atoms with van der Waals surface area (Å²) in [6.45, 7) is 20.4. The molecule has 0 fully saturated rings. The van der Waals surface area contributed by atoms with Crippen LogP contribution in [0.2, 0.25) is 0 Å². The number of rotatable bonds is 8. The smallest absolute Gasteiger partial charge is 0.147 e. The molecule has 0 saturated heterocycles. The SMILES string of the molecule is CC(C)c1cc(C(C)C(=O)C(C)c2cc(C(C)C)c(O)c(C(C)C)c2)cc(C(C)C)c1O. The Labute approximate surface area is 194 Å². The van der Waals surface area contributed by atoms with Crippen LogP contribution < -0.4 is 0 Å². The molecule has 32 heavy (non-hydrogen) atoms. The maximum Gasteiger partial charge on any atom is 0.147 e. The van der Waals surface area contributed by atoms with Crippen LogP contribution in [0.3, 0.4) is 0 Å². The normalized spacial score (nSPS) is 13.9. The monoisotopic (exact) mass is 438 g/mol. The number of carbonyl (C=O) groups excluding carboxylic acids is 1. The first kappa shape index (κ1) is 26.0. The Hall–Kier alpha value is -2.29. The van der Waals surface area contributed by atoms with Crippen molar-refractivity contribution in [2.75, 3.05) is 0 Å². The molecule has 0 aromatic heterocycles. The number of benzene rings is 2. The summed E-state index contributed by atoms with van der Waals surface area (Å²) in [5.74, 6) is 0.964. The molecule has 176 valence electrons. The van der Waals surface area contributed by atoms with Crippen LogP contribution in [-0.4, -0.2) is 16.0 Å². The summed E-state index contributed by atoms with van der Waals surface area (Å²) < 4.78 is 0. The molecule has 2 N–H and O–H groups in total. The first-order valence-electron chi connectivity index (χ1n) is 12.0. The van der Waals surface area contributed by atoms with E-state index < -0.39 is 0 Å². The van der Waals surface area contributed by atoms with E-state index >= 15 is 0 Å². The number of hydrogen-bond donors (Lipinski definition) is 2. The maximum absolute atomic E-state index is 13.6. The average molecular weight is 439 g/mol. The van der Waals surface area contributed by atoms with Gasteiger partial charge in [-0.25, -0.2) is 0 Å². The van der Waals surface area contributed by atoms with Crippen LogP contribution in [0.5, 0.6) is 11.5 Å². The van der Waals surface area contributed by atoms with Crippen molar-refractivity contribution < 1.29 is 15.0 Å². The van der Waals surface area contributed by atoms with Crippen molar-refractivity contribution in [2.45, 2.75) is 105 Å². The van der Waals surface area contributed by atoms with E-state index in [1.807, 2.05) is 38.1 Å². The molecule has 0 radical (unpaired) electrons. The van der Waals surface area contributed by atoms with Crippen molar-refractivity contribution in [3.8, 4) is 11.5 Å². The Balaban J connectivity index is 2.52. The van der Waals surface area contributed by atoms with Crippen LogP contribution in [0.25, 0.3) is 0 Å². The third-order valence-corrected chi connectivity index (χ3v) is 6.72. The van der Waals surface area contributed by atoms with Gasteiger partial charge >= 0.3 is 0 Å². The molecule has 0 aliphatic carbocycles. The quantitative estimate of drug-likeness (QED) is 0.438. The fourth-order valence-corrected chi connectivity index (χ4v) is 4.37. The molecule has 0 aliphatic heterocycles. The first-order chi connectivity index (χ1) is 14.8. The van der Waals surface area contributed by atoms with Gasteiger partial charge in [-0.1, -0.05) is 93.5 Å². The van der Waals surface area contributed by atoms with Gasteiger partial charge in [0.1, 0.15) is 17.3 Å². The Bertz CT molecular complexity index is 831.